The third-order valence-electron chi connectivity index (χ3n) is 4.85. The molecule has 4 rings (SSSR count). The largest absolute Gasteiger partial charge is 0.487 e. The van der Waals surface area contributed by atoms with Gasteiger partial charge in [0.25, 0.3) is 0 Å². The van der Waals surface area contributed by atoms with Crippen LogP contribution in [0.25, 0.3) is 22.7 Å². The van der Waals surface area contributed by atoms with Crippen molar-refractivity contribution in [3.05, 3.63) is 91.6 Å². The number of nitrogens with zero attached hydrogens (tertiary/aromatic N) is 2. The van der Waals surface area contributed by atoms with Gasteiger partial charge in [-0.25, -0.2) is 4.98 Å². The van der Waals surface area contributed by atoms with Crippen molar-refractivity contribution in [3.63, 3.8) is 0 Å². The Balaban J connectivity index is 1.60. The quantitative estimate of drug-likeness (QED) is 0.271. The van der Waals surface area contributed by atoms with Gasteiger partial charge in [0.15, 0.2) is 0 Å². The highest BCUT2D eigenvalue weighted by Gasteiger charge is 2.12. The molecular formula is C25H19Br2N3O. The average Bonchev–Trinajstić information content (AvgIpc) is 3.15. The van der Waals surface area contributed by atoms with E-state index in [1.54, 1.807) is 0 Å². The van der Waals surface area contributed by atoms with Crippen LogP contribution in [-0.4, -0.2) is 9.97 Å². The number of fused-ring (bicyclic) bond motifs is 1. The Morgan fingerprint density at radius 3 is 2.39 bits per heavy atom. The van der Waals surface area contributed by atoms with Gasteiger partial charge in [-0.05, 0) is 92.7 Å². The van der Waals surface area contributed by atoms with Crippen LogP contribution in [0.1, 0.15) is 28.1 Å². The second kappa shape index (κ2) is 9.09. The first kappa shape index (κ1) is 21.4. The molecule has 0 atom stereocenters. The molecule has 0 aliphatic carbocycles. The number of hydrogen-bond acceptors (Lipinski definition) is 3. The van der Waals surface area contributed by atoms with E-state index in [0.717, 1.165) is 42.4 Å². The maximum absolute atomic E-state index is 9.72. The highest BCUT2D eigenvalue weighted by atomic mass is 79.9. The summed E-state index contributed by atoms with van der Waals surface area (Å²) in [4.78, 5) is 7.80. The lowest BCUT2D eigenvalue weighted by Crippen LogP contribution is -1.97. The van der Waals surface area contributed by atoms with Crippen molar-refractivity contribution in [2.24, 2.45) is 0 Å². The lowest BCUT2D eigenvalue weighted by Gasteiger charge is -2.12. The van der Waals surface area contributed by atoms with Crippen LogP contribution in [0.15, 0.2) is 63.5 Å². The van der Waals surface area contributed by atoms with E-state index in [4.69, 9.17) is 4.74 Å². The van der Waals surface area contributed by atoms with Gasteiger partial charge in [0.2, 0.25) is 0 Å². The zero-order valence-corrected chi connectivity index (χ0v) is 20.2. The molecule has 1 N–H and O–H groups in total. The fourth-order valence-corrected chi connectivity index (χ4v) is 4.66. The third kappa shape index (κ3) is 4.90. The molecule has 0 radical (unpaired) electrons. The van der Waals surface area contributed by atoms with Gasteiger partial charge in [0.05, 0.1) is 25.6 Å². The molecule has 3 aromatic carbocycles. The molecule has 0 saturated carbocycles. The van der Waals surface area contributed by atoms with Gasteiger partial charge in [0, 0.05) is 0 Å². The number of ether oxygens (including phenoxy) is 1. The Hall–Kier alpha value is -2.88. The van der Waals surface area contributed by atoms with Crippen LogP contribution < -0.4 is 4.74 Å². The Kier molecular flexibility index (Phi) is 6.26. The molecule has 31 heavy (non-hydrogen) atoms. The number of nitrogens with one attached hydrogen (secondary N) is 1. The van der Waals surface area contributed by atoms with E-state index in [1.807, 2.05) is 43.3 Å². The van der Waals surface area contributed by atoms with Gasteiger partial charge in [0.1, 0.15) is 24.3 Å². The van der Waals surface area contributed by atoms with E-state index in [1.165, 1.54) is 5.56 Å². The summed E-state index contributed by atoms with van der Waals surface area (Å²) in [5.41, 5.74) is 6.52. The van der Waals surface area contributed by atoms with E-state index in [0.29, 0.717) is 18.0 Å². The fourth-order valence-electron chi connectivity index (χ4n) is 3.21. The Morgan fingerprint density at radius 2 is 1.71 bits per heavy atom. The number of H-pyrrole nitrogens is 1. The van der Waals surface area contributed by atoms with E-state index in [2.05, 4.69) is 79.1 Å². The number of hydrogen-bond donors (Lipinski definition) is 1. The van der Waals surface area contributed by atoms with Crippen molar-refractivity contribution < 1.29 is 4.74 Å². The summed E-state index contributed by atoms with van der Waals surface area (Å²) in [5.74, 6) is 1.27. The summed E-state index contributed by atoms with van der Waals surface area (Å²) in [6.07, 6.45) is 1.81. The van der Waals surface area contributed by atoms with E-state index in [9.17, 15) is 5.26 Å². The summed E-state index contributed by atoms with van der Waals surface area (Å²) in [7, 11) is 0. The van der Waals surface area contributed by atoms with Gasteiger partial charge in [-0.3, -0.25) is 0 Å². The number of nitriles is 1. The van der Waals surface area contributed by atoms with Crippen LogP contribution in [0.3, 0.4) is 0 Å². The second-order valence-corrected chi connectivity index (χ2v) is 9.07. The second-order valence-electron chi connectivity index (χ2n) is 7.36. The molecular weight excluding hydrogens is 518 g/mol. The van der Waals surface area contributed by atoms with Crippen molar-refractivity contribution in [1.82, 2.24) is 9.97 Å². The first-order valence-corrected chi connectivity index (χ1v) is 11.3. The maximum Gasteiger partial charge on any atom is 0.149 e. The molecule has 0 bridgehead atoms. The molecule has 4 aromatic rings. The number of benzene rings is 3. The van der Waals surface area contributed by atoms with Gasteiger partial charge in [-0.2, -0.15) is 5.26 Å². The minimum absolute atomic E-state index is 0.459. The smallest absolute Gasteiger partial charge is 0.149 e. The number of rotatable bonds is 5. The lowest BCUT2D eigenvalue weighted by molar-refractivity contribution is 0.302. The summed E-state index contributed by atoms with van der Waals surface area (Å²) in [6.45, 7) is 4.55. The minimum Gasteiger partial charge on any atom is -0.487 e. The molecule has 6 heteroatoms. The van der Waals surface area contributed by atoms with E-state index >= 15 is 0 Å². The average molecular weight is 537 g/mol. The summed E-state index contributed by atoms with van der Waals surface area (Å²) in [6, 6.07) is 20.3. The highest BCUT2D eigenvalue weighted by molar-refractivity contribution is 9.11. The first-order chi connectivity index (χ1) is 14.9. The van der Waals surface area contributed by atoms with Crippen LogP contribution in [0.2, 0.25) is 0 Å². The molecule has 0 saturated heterocycles. The molecule has 0 amide bonds. The highest BCUT2D eigenvalue weighted by Crippen LogP contribution is 2.36. The summed E-state index contributed by atoms with van der Waals surface area (Å²) < 4.78 is 7.62. The van der Waals surface area contributed by atoms with Gasteiger partial charge in [-0.1, -0.05) is 35.9 Å². The van der Waals surface area contributed by atoms with Crippen LogP contribution in [0.4, 0.5) is 0 Å². The number of allylic oxidation sites excluding steroid dienone is 1. The standard InChI is InChI=1S/C25H19Br2N3O/c1-15-3-6-17(7-4-15)14-31-24-20(26)11-18(12-21(24)27)10-19(13-28)25-29-22-8-5-16(2)9-23(22)30-25/h3-12H,14H2,1-2H3,(H,29,30)/b19-10+. The third-order valence-corrected chi connectivity index (χ3v) is 6.03. The van der Waals surface area contributed by atoms with E-state index < -0.39 is 0 Å². The Labute approximate surface area is 197 Å². The predicted octanol–water partition coefficient (Wildman–Crippen LogP) is 7.35. The van der Waals surface area contributed by atoms with Crippen LogP contribution >= 0.6 is 31.9 Å². The number of aryl methyl sites for hydroxylation is 2. The molecule has 4 nitrogen and oxygen atoms in total. The van der Waals surface area contributed by atoms with Crippen molar-refractivity contribution in [2.45, 2.75) is 20.5 Å². The normalized spacial score (nSPS) is 11.5. The molecule has 0 spiro atoms. The molecule has 1 heterocycles. The fraction of sp³-hybridized carbons (Fsp3) is 0.120. The monoisotopic (exact) mass is 535 g/mol. The topological polar surface area (TPSA) is 61.7 Å². The van der Waals surface area contributed by atoms with Crippen molar-refractivity contribution in [1.29, 1.82) is 5.26 Å². The molecule has 0 aliphatic rings. The number of aromatic amines is 1. The minimum atomic E-state index is 0.459. The van der Waals surface area contributed by atoms with Crippen LogP contribution in [-0.2, 0) is 6.61 Å². The molecule has 0 aliphatic heterocycles. The SMILES string of the molecule is Cc1ccc(COc2c(Br)cc(/C=C(\C#N)c3nc4ccc(C)cc4[nH]3)cc2Br)cc1. The number of aromatic nitrogens is 2. The van der Waals surface area contributed by atoms with Crippen molar-refractivity contribution >= 4 is 54.5 Å². The molecule has 1 aromatic heterocycles. The van der Waals surface area contributed by atoms with E-state index in [-0.39, 0.29) is 0 Å². The van der Waals surface area contributed by atoms with Crippen LogP contribution in [0, 0.1) is 25.2 Å². The summed E-state index contributed by atoms with van der Waals surface area (Å²) in [5, 5.41) is 9.72. The van der Waals surface area contributed by atoms with Gasteiger partial charge >= 0.3 is 0 Å². The van der Waals surface area contributed by atoms with Gasteiger partial charge in [-0.15, -0.1) is 0 Å². The summed E-state index contributed by atoms with van der Waals surface area (Å²) >= 11 is 7.19. The molecule has 0 fully saturated rings. The Morgan fingerprint density at radius 1 is 1.03 bits per heavy atom. The molecule has 154 valence electrons. The van der Waals surface area contributed by atoms with Gasteiger partial charge < -0.3 is 9.72 Å². The lowest BCUT2D eigenvalue weighted by atomic mass is 10.1. The Bertz CT molecular complexity index is 1310. The van der Waals surface area contributed by atoms with Crippen molar-refractivity contribution in [2.75, 3.05) is 0 Å². The first-order valence-electron chi connectivity index (χ1n) is 9.69. The zero-order chi connectivity index (χ0) is 22.0. The zero-order valence-electron chi connectivity index (χ0n) is 17.0. The van der Waals surface area contributed by atoms with Crippen molar-refractivity contribution in [3.8, 4) is 11.8 Å². The van der Waals surface area contributed by atoms with Crippen LogP contribution in [0.5, 0.6) is 5.75 Å². The molecule has 0 unspecified atom stereocenters. The maximum atomic E-state index is 9.72. The number of halogens is 2. The number of imidazole rings is 1. The predicted molar refractivity (Wildman–Crippen MR) is 132 cm³/mol.